The van der Waals surface area contributed by atoms with Crippen LogP contribution in [0.15, 0.2) is 48.5 Å². The number of nitrogens with one attached hydrogen (secondary N) is 2. The Balaban J connectivity index is 1.57. The minimum atomic E-state index is -0.247. The van der Waals surface area contributed by atoms with Crippen LogP contribution < -0.4 is 10.6 Å². The van der Waals surface area contributed by atoms with Crippen molar-refractivity contribution >= 4 is 35.0 Å². The lowest BCUT2D eigenvalue weighted by molar-refractivity contribution is -0.126. The molecule has 1 aliphatic heterocycles. The zero-order valence-corrected chi connectivity index (χ0v) is 18.5. The molecule has 3 amide bonds. The van der Waals surface area contributed by atoms with E-state index >= 15 is 0 Å². The monoisotopic (exact) mass is 441 g/mol. The van der Waals surface area contributed by atoms with Crippen LogP contribution in [0.2, 0.25) is 5.02 Å². The molecule has 1 heterocycles. The number of carbonyl (C=O) groups is 3. The van der Waals surface area contributed by atoms with Gasteiger partial charge >= 0.3 is 0 Å². The SMILES string of the molecule is CCCCNC(=O)C1CCCN(C(=O)c2ccc(NC(=O)c3ccc(Cl)cc3)cc2)C1. The van der Waals surface area contributed by atoms with Crippen molar-refractivity contribution in [1.82, 2.24) is 10.2 Å². The van der Waals surface area contributed by atoms with Gasteiger partial charge in [-0.15, -0.1) is 0 Å². The summed E-state index contributed by atoms with van der Waals surface area (Å²) >= 11 is 5.85. The number of hydrogen-bond acceptors (Lipinski definition) is 3. The summed E-state index contributed by atoms with van der Waals surface area (Å²) in [5, 5.41) is 6.35. The summed E-state index contributed by atoms with van der Waals surface area (Å²) in [7, 11) is 0. The molecule has 6 nitrogen and oxygen atoms in total. The Morgan fingerprint density at radius 1 is 1.03 bits per heavy atom. The molecule has 31 heavy (non-hydrogen) atoms. The number of amides is 3. The molecule has 1 fully saturated rings. The van der Waals surface area contributed by atoms with Crippen LogP contribution >= 0.6 is 11.6 Å². The maximum absolute atomic E-state index is 12.9. The molecule has 1 unspecified atom stereocenters. The van der Waals surface area contributed by atoms with Crippen LogP contribution in [-0.2, 0) is 4.79 Å². The van der Waals surface area contributed by atoms with E-state index in [4.69, 9.17) is 11.6 Å². The second-order valence-electron chi connectivity index (χ2n) is 7.77. The zero-order valence-electron chi connectivity index (χ0n) is 17.7. The predicted octanol–water partition coefficient (Wildman–Crippen LogP) is 4.36. The van der Waals surface area contributed by atoms with Gasteiger partial charge in [0.2, 0.25) is 5.91 Å². The molecule has 1 aliphatic rings. The highest BCUT2D eigenvalue weighted by Crippen LogP contribution is 2.20. The number of rotatable bonds is 7. The van der Waals surface area contributed by atoms with Crippen molar-refractivity contribution in [1.29, 1.82) is 0 Å². The van der Waals surface area contributed by atoms with E-state index in [2.05, 4.69) is 17.6 Å². The zero-order chi connectivity index (χ0) is 22.2. The Kier molecular flexibility index (Phi) is 8.06. The average Bonchev–Trinajstić information content (AvgIpc) is 2.79. The summed E-state index contributed by atoms with van der Waals surface area (Å²) < 4.78 is 0. The molecule has 1 saturated heterocycles. The second-order valence-corrected chi connectivity index (χ2v) is 8.21. The van der Waals surface area contributed by atoms with Gasteiger partial charge in [0.05, 0.1) is 5.92 Å². The van der Waals surface area contributed by atoms with E-state index in [1.54, 1.807) is 53.4 Å². The standard InChI is InChI=1S/C24H28ClN3O3/c1-2-3-14-26-22(29)19-5-4-15-28(16-19)24(31)18-8-12-21(13-9-18)27-23(30)17-6-10-20(25)11-7-17/h6-13,19H,2-5,14-16H2,1H3,(H,26,29)(H,27,30). The summed E-state index contributed by atoms with van der Waals surface area (Å²) in [6, 6.07) is 13.4. The predicted molar refractivity (Wildman–Crippen MR) is 122 cm³/mol. The topological polar surface area (TPSA) is 78.5 Å². The van der Waals surface area contributed by atoms with Crippen LogP contribution in [0.3, 0.4) is 0 Å². The lowest BCUT2D eigenvalue weighted by atomic mass is 9.96. The number of nitrogens with zero attached hydrogens (tertiary/aromatic N) is 1. The Labute approximate surface area is 188 Å². The van der Waals surface area contributed by atoms with E-state index in [9.17, 15) is 14.4 Å². The van der Waals surface area contributed by atoms with Gasteiger partial charge in [-0.2, -0.15) is 0 Å². The Hall–Kier alpha value is -2.86. The molecular formula is C24H28ClN3O3. The van der Waals surface area contributed by atoms with Crippen LogP contribution in [0.1, 0.15) is 53.3 Å². The molecule has 164 valence electrons. The third-order valence-electron chi connectivity index (χ3n) is 5.41. The number of unbranched alkanes of at least 4 members (excludes halogenated alkanes) is 1. The van der Waals surface area contributed by atoms with Gasteiger partial charge in [0, 0.05) is 41.5 Å². The molecule has 3 rings (SSSR count). The lowest BCUT2D eigenvalue weighted by Crippen LogP contribution is -2.45. The summed E-state index contributed by atoms with van der Waals surface area (Å²) in [5.74, 6) is -0.468. The minimum absolute atomic E-state index is 0.0335. The van der Waals surface area contributed by atoms with Crippen LogP contribution in [0, 0.1) is 5.92 Å². The number of hydrogen-bond donors (Lipinski definition) is 2. The maximum Gasteiger partial charge on any atom is 0.255 e. The summed E-state index contributed by atoms with van der Waals surface area (Å²) in [6.45, 7) is 3.85. The summed E-state index contributed by atoms with van der Waals surface area (Å²) in [5.41, 5.74) is 1.64. The Bertz CT molecular complexity index is 913. The van der Waals surface area contributed by atoms with Crippen molar-refractivity contribution in [2.24, 2.45) is 5.92 Å². The first-order chi connectivity index (χ1) is 15.0. The van der Waals surface area contributed by atoms with Crippen molar-refractivity contribution in [2.45, 2.75) is 32.6 Å². The Morgan fingerprint density at radius 3 is 2.39 bits per heavy atom. The summed E-state index contributed by atoms with van der Waals surface area (Å²) in [6.07, 6.45) is 3.61. The smallest absolute Gasteiger partial charge is 0.255 e. The van der Waals surface area contributed by atoms with E-state index in [0.29, 0.717) is 41.5 Å². The lowest BCUT2D eigenvalue weighted by Gasteiger charge is -2.32. The Morgan fingerprint density at radius 2 is 1.71 bits per heavy atom. The first-order valence-electron chi connectivity index (χ1n) is 10.7. The molecular weight excluding hydrogens is 414 g/mol. The largest absolute Gasteiger partial charge is 0.356 e. The maximum atomic E-state index is 12.9. The fourth-order valence-electron chi connectivity index (χ4n) is 3.59. The first kappa shape index (κ1) is 22.8. The molecule has 0 saturated carbocycles. The fraction of sp³-hybridized carbons (Fsp3) is 0.375. The summed E-state index contributed by atoms with van der Waals surface area (Å²) in [4.78, 5) is 39.3. The van der Waals surface area contributed by atoms with E-state index in [-0.39, 0.29) is 23.6 Å². The highest BCUT2D eigenvalue weighted by Gasteiger charge is 2.28. The molecule has 0 bridgehead atoms. The average molecular weight is 442 g/mol. The molecule has 0 aliphatic carbocycles. The number of piperidine rings is 1. The van der Waals surface area contributed by atoms with Gasteiger partial charge in [-0.25, -0.2) is 0 Å². The van der Waals surface area contributed by atoms with Crippen LogP contribution in [0.5, 0.6) is 0 Å². The number of anilines is 1. The number of halogens is 1. The van der Waals surface area contributed by atoms with E-state index < -0.39 is 0 Å². The molecule has 2 aromatic carbocycles. The van der Waals surface area contributed by atoms with Gasteiger partial charge in [0.25, 0.3) is 11.8 Å². The van der Waals surface area contributed by atoms with Crippen molar-refractivity contribution in [2.75, 3.05) is 25.0 Å². The normalized spacial score (nSPS) is 15.9. The molecule has 0 spiro atoms. The quantitative estimate of drug-likeness (QED) is 0.626. The number of benzene rings is 2. The highest BCUT2D eigenvalue weighted by molar-refractivity contribution is 6.30. The van der Waals surface area contributed by atoms with E-state index in [1.807, 2.05) is 0 Å². The number of carbonyl (C=O) groups excluding carboxylic acids is 3. The van der Waals surface area contributed by atoms with Crippen LogP contribution in [0.4, 0.5) is 5.69 Å². The molecule has 1 atom stereocenters. The van der Waals surface area contributed by atoms with Gasteiger partial charge < -0.3 is 15.5 Å². The van der Waals surface area contributed by atoms with Gasteiger partial charge in [0.1, 0.15) is 0 Å². The van der Waals surface area contributed by atoms with Gasteiger partial charge in [0.15, 0.2) is 0 Å². The molecule has 2 aromatic rings. The van der Waals surface area contributed by atoms with Crippen LogP contribution in [0.25, 0.3) is 0 Å². The van der Waals surface area contributed by atoms with E-state index in [1.165, 1.54) is 0 Å². The molecule has 7 heteroatoms. The molecule has 2 N–H and O–H groups in total. The van der Waals surface area contributed by atoms with Gasteiger partial charge in [-0.05, 0) is 67.8 Å². The van der Waals surface area contributed by atoms with Gasteiger partial charge in [-0.1, -0.05) is 24.9 Å². The molecule has 0 aromatic heterocycles. The second kappa shape index (κ2) is 11.0. The van der Waals surface area contributed by atoms with Crippen molar-refractivity contribution in [3.05, 3.63) is 64.7 Å². The number of likely N-dealkylation sites (tertiary alicyclic amines) is 1. The third-order valence-corrected chi connectivity index (χ3v) is 5.66. The van der Waals surface area contributed by atoms with Crippen molar-refractivity contribution in [3.63, 3.8) is 0 Å². The fourth-order valence-corrected chi connectivity index (χ4v) is 3.72. The van der Waals surface area contributed by atoms with Crippen molar-refractivity contribution < 1.29 is 14.4 Å². The first-order valence-corrected chi connectivity index (χ1v) is 11.1. The van der Waals surface area contributed by atoms with Crippen molar-refractivity contribution in [3.8, 4) is 0 Å². The van der Waals surface area contributed by atoms with Gasteiger partial charge in [-0.3, -0.25) is 14.4 Å². The molecule has 0 radical (unpaired) electrons. The minimum Gasteiger partial charge on any atom is -0.356 e. The third kappa shape index (κ3) is 6.31. The highest BCUT2D eigenvalue weighted by atomic mass is 35.5. The van der Waals surface area contributed by atoms with E-state index in [0.717, 1.165) is 25.7 Å². The van der Waals surface area contributed by atoms with Crippen LogP contribution in [-0.4, -0.2) is 42.3 Å².